The predicted molar refractivity (Wildman–Crippen MR) is 63.9 cm³/mol. The smallest absolute Gasteiger partial charge is 0.417 e. The van der Waals surface area contributed by atoms with Gasteiger partial charge in [0.2, 0.25) is 0 Å². The Hall–Kier alpha value is -1.27. The van der Waals surface area contributed by atoms with E-state index in [-0.39, 0.29) is 0 Å². The molecular formula is C13H16F3NO2. The van der Waals surface area contributed by atoms with Crippen LogP contribution in [0.3, 0.4) is 0 Å². The third-order valence-corrected chi connectivity index (χ3v) is 2.91. The van der Waals surface area contributed by atoms with E-state index in [1.54, 1.807) is 24.3 Å². The Morgan fingerprint density at radius 1 is 1.32 bits per heavy atom. The first-order valence-corrected chi connectivity index (χ1v) is 6.15. The van der Waals surface area contributed by atoms with Crippen molar-refractivity contribution in [1.29, 1.82) is 0 Å². The normalized spacial score (nSPS) is 17.3. The highest BCUT2D eigenvalue weighted by Gasteiger charge is 2.38. The summed E-state index contributed by atoms with van der Waals surface area (Å²) in [4.78, 5) is 0. The van der Waals surface area contributed by atoms with Crippen LogP contribution in [-0.4, -0.2) is 30.0 Å². The first-order chi connectivity index (χ1) is 8.97. The minimum atomic E-state index is -4.65. The van der Waals surface area contributed by atoms with Crippen molar-refractivity contribution in [2.45, 2.75) is 37.7 Å². The van der Waals surface area contributed by atoms with Crippen molar-refractivity contribution in [2.24, 2.45) is 0 Å². The zero-order valence-corrected chi connectivity index (χ0v) is 10.3. The summed E-state index contributed by atoms with van der Waals surface area (Å²) in [5, 5.41) is 12.2. The summed E-state index contributed by atoms with van der Waals surface area (Å²) < 4.78 is 41.6. The van der Waals surface area contributed by atoms with Gasteiger partial charge in [0, 0.05) is 18.2 Å². The van der Waals surface area contributed by atoms with Crippen molar-refractivity contribution in [1.82, 2.24) is 5.32 Å². The highest BCUT2D eigenvalue weighted by molar-refractivity contribution is 5.33. The Morgan fingerprint density at radius 3 is 2.63 bits per heavy atom. The second-order valence-corrected chi connectivity index (χ2v) is 4.63. The molecule has 1 aliphatic rings. The number of aliphatic hydroxyl groups is 1. The molecule has 0 amide bonds. The molecule has 1 aliphatic carbocycles. The fraction of sp³-hybridized carbons (Fsp3) is 0.538. The van der Waals surface area contributed by atoms with Crippen LogP contribution in [0.4, 0.5) is 13.2 Å². The van der Waals surface area contributed by atoms with E-state index in [1.165, 1.54) is 0 Å². The number of nitrogens with one attached hydrogen (secondary N) is 1. The average Bonchev–Trinajstić information content (AvgIpc) is 3.17. The SMILES string of the molecule is OC(COc1ccccc1CNC1CC1)C(F)(F)F. The lowest BCUT2D eigenvalue weighted by Gasteiger charge is -2.17. The topological polar surface area (TPSA) is 41.5 Å². The van der Waals surface area contributed by atoms with Gasteiger partial charge in [-0.1, -0.05) is 18.2 Å². The molecule has 106 valence electrons. The maximum atomic E-state index is 12.2. The lowest BCUT2D eigenvalue weighted by molar-refractivity contribution is -0.210. The lowest BCUT2D eigenvalue weighted by atomic mass is 10.2. The van der Waals surface area contributed by atoms with E-state index in [0.29, 0.717) is 18.3 Å². The lowest BCUT2D eigenvalue weighted by Crippen LogP contribution is -2.34. The van der Waals surface area contributed by atoms with Crippen molar-refractivity contribution in [2.75, 3.05) is 6.61 Å². The second-order valence-electron chi connectivity index (χ2n) is 4.63. The van der Waals surface area contributed by atoms with E-state index in [0.717, 1.165) is 18.4 Å². The standard InChI is InChI=1S/C13H16F3NO2/c14-13(15,16)12(18)8-19-11-4-2-1-3-9(11)7-17-10-5-6-10/h1-4,10,12,17-18H,5-8H2. The average molecular weight is 275 g/mol. The number of halogens is 3. The molecule has 1 aromatic rings. The van der Waals surface area contributed by atoms with Gasteiger partial charge in [0.25, 0.3) is 0 Å². The van der Waals surface area contributed by atoms with Crippen LogP contribution in [0.5, 0.6) is 5.75 Å². The van der Waals surface area contributed by atoms with E-state index in [4.69, 9.17) is 9.84 Å². The molecule has 2 N–H and O–H groups in total. The largest absolute Gasteiger partial charge is 0.490 e. The summed E-state index contributed by atoms with van der Waals surface area (Å²) >= 11 is 0. The van der Waals surface area contributed by atoms with Gasteiger partial charge >= 0.3 is 6.18 Å². The summed E-state index contributed by atoms with van der Waals surface area (Å²) in [5.41, 5.74) is 0.795. The molecule has 2 rings (SSSR count). The van der Waals surface area contributed by atoms with Gasteiger partial charge in [0.05, 0.1) is 0 Å². The first kappa shape index (κ1) is 14.1. The van der Waals surface area contributed by atoms with Gasteiger partial charge in [-0.15, -0.1) is 0 Å². The van der Waals surface area contributed by atoms with Gasteiger partial charge in [-0.2, -0.15) is 13.2 Å². The Kier molecular flexibility index (Phi) is 4.31. The molecule has 0 heterocycles. The molecule has 1 fully saturated rings. The molecule has 0 aliphatic heterocycles. The zero-order valence-electron chi connectivity index (χ0n) is 10.3. The maximum Gasteiger partial charge on any atom is 0.417 e. The molecule has 3 nitrogen and oxygen atoms in total. The van der Waals surface area contributed by atoms with Crippen molar-refractivity contribution >= 4 is 0 Å². The Balaban J connectivity index is 1.91. The predicted octanol–water partition coefficient (Wildman–Crippen LogP) is 2.24. The molecule has 0 radical (unpaired) electrons. The summed E-state index contributed by atoms with van der Waals surface area (Å²) in [5.74, 6) is 0.374. The second kappa shape index (κ2) is 5.79. The van der Waals surface area contributed by atoms with Crippen molar-refractivity contribution in [3.63, 3.8) is 0 Å². The third-order valence-electron chi connectivity index (χ3n) is 2.91. The highest BCUT2D eigenvalue weighted by Crippen LogP contribution is 2.24. The molecule has 1 atom stereocenters. The van der Waals surface area contributed by atoms with E-state index in [2.05, 4.69) is 5.32 Å². The molecule has 0 aromatic heterocycles. The van der Waals surface area contributed by atoms with Gasteiger partial charge in [0.15, 0.2) is 6.10 Å². The van der Waals surface area contributed by atoms with Gasteiger partial charge in [0.1, 0.15) is 12.4 Å². The number of rotatable bonds is 6. The van der Waals surface area contributed by atoms with Crippen LogP contribution in [0.1, 0.15) is 18.4 Å². The summed E-state index contributed by atoms with van der Waals surface area (Å²) in [6, 6.07) is 7.40. The Labute approximate surface area is 109 Å². The third kappa shape index (κ3) is 4.40. The minimum absolute atomic E-state index is 0.374. The molecule has 0 spiro atoms. The van der Waals surface area contributed by atoms with Crippen molar-refractivity contribution in [3.8, 4) is 5.75 Å². The fourth-order valence-electron chi connectivity index (χ4n) is 1.60. The van der Waals surface area contributed by atoms with Crippen LogP contribution in [0.25, 0.3) is 0 Å². The number of alkyl halides is 3. The number of para-hydroxylation sites is 1. The van der Waals surface area contributed by atoms with Gasteiger partial charge in [-0.25, -0.2) is 0 Å². The Bertz CT molecular complexity index is 419. The van der Waals surface area contributed by atoms with Gasteiger partial charge < -0.3 is 15.2 Å². The highest BCUT2D eigenvalue weighted by atomic mass is 19.4. The molecule has 6 heteroatoms. The van der Waals surface area contributed by atoms with E-state index < -0.39 is 18.9 Å². The zero-order chi connectivity index (χ0) is 13.9. The summed E-state index contributed by atoms with van der Waals surface area (Å²) in [7, 11) is 0. The van der Waals surface area contributed by atoms with Crippen LogP contribution in [-0.2, 0) is 6.54 Å². The van der Waals surface area contributed by atoms with Crippen LogP contribution in [0, 0.1) is 0 Å². The van der Waals surface area contributed by atoms with E-state index in [9.17, 15) is 13.2 Å². The quantitative estimate of drug-likeness (QED) is 0.836. The monoisotopic (exact) mass is 275 g/mol. The fourth-order valence-corrected chi connectivity index (χ4v) is 1.60. The van der Waals surface area contributed by atoms with Gasteiger partial charge in [-0.05, 0) is 18.9 Å². The van der Waals surface area contributed by atoms with Crippen LogP contribution >= 0.6 is 0 Å². The molecule has 1 saturated carbocycles. The van der Waals surface area contributed by atoms with Crippen LogP contribution in [0.15, 0.2) is 24.3 Å². The number of benzene rings is 1. The van der Waals surface area contributed by atoms with E-state index in [1.807, 2.05) is 0 Å². The summed E-state index contributed by atoms with van der Waals surface area (Å²) in [6.45, 7) is -0.229. The number of hydrogen-bond donors (Lipinski definition) is 2. The first-order valence-electron chi connectivity index (χ1n) is 6.15. The number of ether oxygens (including phenoxy) is 1. The van der Waals surface area contributed by atoms with Crippen molar-refractivity contribution < 1.29 is 23.0 Å². The molecular weight excluding hydrogens is 259 g/mol. The maximum absolute atomic E-state index is 12.2. The minimum Gasteiger partial charge on any atom is -0.490 e. The molecule has 0 bridgehead atoms. The Morgan fingerprint density at radius 2 is 2.00 bits per heavy atom. The van der Waals surface area contributed by atoms with Crippen LogP contribution in [0.2, 0.25) is 0 Å². The van der Waals surface area contributed by atoms with Crippen LogP contribution < -0.4 is 10.1 Å². The molecule has 19 heavy (non-hydrogen) atoms. The molecule has 1 aromatic carbocycles. The van der Waals surface area contributed by atoms with E-state index >= 15 is 0 Å². The molecule has 0 saturated heterocycles. The number of hydrogen-bond acceptors (Lipinski definition) is 3. The number of aliphatic hydroxyl groups excluding tert-OH is 1. The summed E-state index contributed by atoms with van der Waals surface area (Å²) in [6.07, 6.45) is -4.84. The van der Waals surface area contributed by atoms with Gasteiger partial charge in [-0.3, -0.25) is 0 Å². The van der Waals surface area contributed by atoms with Crippen molar-refractivity contribution in [3.05, 3.63) is 29.8 Å². The molecule has 1 unspecified atom stereocenters.